The lowest BCUT2D eigenvalue weighted by Crippen LogP contribution is -2.64. The highest BCUT2D eigenvalue weighted by atomic mass is 32.1. The third-order valence-corrected chi connectivity index (χ3v) is 6.45. The summed E-state index contributed by atoms with van der Waals surface area (Å²) in [5, 5.41) is 7.34. The van der Waals surface area contributed by atoms with Gasteiger partial charge in [-0.15, -0.1) is 11.3 Å². The molecule has 3 nitrogen and oxygen atoms in total. The van der Waals surface area contributed by atoms with Crippen molar-refractivity contribution >= 4 is 11.3 Å². The highest BCUT2D eigenvalue weighted by Crippen LogP contribution is 2.46. The first-order valence-corrected chi connectivity index (χ1v) is 8.92. The zero-order valence-corrected chi connectivity index (χ0v) is 13.4. The van der Waals surface area contributed by atoms with Gasteiger partial charge in [0.2, 0.25) is 0 Å². The number of aromatic nitrogens is 1. The molecule has 2 aliphatic carbocycles. The van der Waals surface area contributed by atoms with Gasteiger partial charge in [-0.3, -0.25) is 4.90 Å². The Labute approximate surface area is 125 Å². The fourth-order valence-corrected chi connectivity index (χ4v) is 4.55. The number of thiazole rings is 1. The molecule has 0 bridgehead atoms. The van der Waals surface area contributed by atoms with Crippen molar-refractivity contribution in [2.45, 2.75) is 57.7 Å². The quantitative estimate of drug-likeness (QED) is 0.924. The molecule has 3 fully saturated rings. The van der Waals surface area contributed by atoms with Gasteiger partial charge in [-0.05, 0) is 51.4 Å². The van der Waals surface area contributed by atoms with E-state index in [0.29, 0.717) is 5.54 Å². The predicted octanol–water partition coefficient (Wildman–Crippen LogP) is 2.80. The average molecular weight is 291 g/mol. The van der Waals surface area contributed by atoms with Crippen LogP contribution in [0.3, 0.4) is 0 Å². The van der Waals surface area contributed by atoms with Crippen molar-refractivity contribution in [2.75, 3.05) is 13.1 Å². The van der Waals surface area contributed by atoms with E-state index in [0.717, 1.165) is 24.4 Å². The van der Waals surface area contributed by atoms with Crippen molar-refractivity contribution in [1.82, 2.24) is 15.2 Å². The molecule has 1 aromatic heterocycles. The molecule has 1 saturated heterocycles. The summed E-state index contributed by atoms with van der Waals surface area (Å²) in [5.41, 5.74) is 1.53. The van der Waals surface area contributed by atoms with Crippen LogP contribution in [-0.2, 0) is 6.54 Å². The molecule has 0 amide bonds. The van der Waals surface area contributed by atoms with Crippen molar-refractivity contribution in [3.05, 3.63) is 16.1 Å². The number of aryl methyl sites for hydroxylation is 1. The maximum Gasteiger partial charge on any atom is 0.107 e. The summed E-state index contributed by atoms with van der Waals surface area (Å²) in [6.07, 6.45) is 5.70. The highest BCUT2D eigenvalue weighted by molar-refractivity contribution is 7.09. The second kappa shape index (κ2) is 4.79. The van der Waals surface area contributed by atoms with Crippen LogP contribution in [0.1, 0.15) is 43.3 Å². The van der Waals surface area contributed by atoms with Crippen LogP contribution in [0.15, 0.2) is 5.38 Å². The van der Waals surface area contributed by atoms with Crippen LogP contribution < -0.4 is 5.32 Å². The third kappa shape index (κ3) is 2.42. The molecule has 20 heavy (non-hydrogen) atoms. The molecule has 2 atom stereocenters. The van der Waals surface area contributed by atoms with E-state index in [2.05, 4.69) is 29.4 Å². The maximum absolute atomic E-state index is 4.69. The number of piperazine rings is 1. The van der Waals surface area contributed by atoms with Gasteiger partial charge in [0.05, 0.1) is 6.54 Å². The molecule has 2 unspecified atom stereocenters. The van der Waals surface area contributed by atoms with Gasteiger partial charge in [-0.25, -0.2) is 4.98 Å². The van der Waals surface area contributed by atoms with Gasteiger partial charge in [0.15, 0.2) is 0 Å². The minimum absolute atomic E-state index is 0.352. The molecule has 4 rings (SSSR count). The minimum Gasteiger partial charge on any atom is -0.311 e. The van der Waals surface area contributed by atoms with E-state index in [4.69, 9.17) is 4.98 Å². The Hall–Kier alpha value is -0.450. The van der Waals surface area contributed by atoms with E-state index >= 15 is 0 Å². The molecule has 1 N–H and O–H groups in total. The van der Waals surface area contributed by atoms with E-state index in [1.54, 1.807) is 0 Å². The first kappa shape index (κ1) is 13.2. The number of nitrogens with zero attached hydrogens (tertiary/aromatic N) is 2. The largest absolute Gasteiger partial charge is 0.311 e. The number of hydrogen-bond acceptors (Lipinski definition) is 4. The summed E-state index contributed by atoms with van der Waals surface area (Å²) in [7, 11) is 0. The van der Waals surface area contributed by atoms with Crippen LogP contribution in [0, 0.1) is 18.8 Å². The Morgan fingerprint density at radius 3 is 2.80 bits per heavy atom. The van der Waals surface area contributed by atoms with Gasteiger partial charge in [0, 0.05) is 35.7 Å². The first-order chi connectivity index (χ1) is 9.65. The van der Waals surface area contributed by atoms with Crippen LogP contribution in [0.4, 0.5) is 0 Å². The second-order valence-corrected chi connectivity index (χ2v) is 8.16. The smallest absolute Gasteiger partial charge is 0.107 e. The van der Waals surface area contributed by atoms with Crippen molar-refractivity contribution < 1.29 is 0 Å². The summed E-state index contributed by atoms with van der Waals surface area (Å²) in [4.78, 5) is 7.44. The second-order valence-electron chi connectivity index (χ2n) is 7.22. The van der Waals surface area contributed by atoms with Gasteiger partial charge in [0.25, 0.3) is 0 Å². The molecule has 1 aliphatic heterocycles. The number of nitrogens with one attached hydrogen (secondary N) is 1. The van der Waals surface area contributed by atoms with E-state index < -0.39 is 0 Å². The summed E-state index contributed by atoms with van der Waals surface area (Å²) in [5.74, 6) is 1.84. The highest BCUT2D eigenvalue weighted by Gasteiger charge is 2.50. The minimum atomic E-state index is 0.352. The molecule has 110 valence electrons. The molecular formula is C16H25N3S. The maximum atomic E-state index is 4.69. The number of hydrogen-bond donors (Lipinski definition) is 1. The molecule has 3 aliphatic rings. The SMILES string of the molecule is Cc1csc(CN2CC(C3CC3)NCC2(C)C2CC2)n1. The third-order valence-electron chi connectivity index (χ3n) is 5.50. The topological polar surface area (TPSA) is 28.2 Å². The molecule has 0 radical (unpaired) electrons. The molecule has 0 aromatic carbocycles. The normalized spacial score (nSPS) is 35.4. The van der Waals surface area contributed by atoms with Crippen molar-refractivity contribution in [2.24, 2.45) is 11.8 Å². The average Bonchev–Trinajstić information content (AvgIpc) is 3.31. The van der Waals surface area contributed by atoms with Crippen LogP contribution >= 0.6 is 11.3 Å². The van der Waals surface area contributed by atoms with Crippen molar-refractivity contribution in [3.63, 3.8) is 0 Å². The molecule has 2 saturated carbocycles. The lowest BCUT2D eigenvalue weighted by molar-refractivity contribution is 0.0234. The predicted molar refractivity (Wildman–Crippen MR) is 82.9 cm³/mol. The van der Waals surface area contributed by atoms with Crippen LogP contribution in [-0.4, -0.2) is 34.6 Å². The fraction of sp³-hybridized carbons (Fsp3) is 0.812. The van der Waals surface area contributed by atoms with Crippen molar-refractivity contribution in [3.8, 4) is 0 Å². The first-order valence-electron chi connectivity index (χ1n) is 8.04. The van der Waals surface area contributed by atoms with E-state index in [-0.39, 0.29) is 0 Å². The number of rotatable bonds is 4. The van der Waals surface area contributed by atoms with E-state index in [9.17, 15) is 0 Å². The van der Waals surface area contributed by atoms with Gasteiger partial charge < -0.3 is 5.32 Å². The lowest BCUT2D eigenvalue weighted by Gasteiger charge is -2.48. The standard InChI is InChI=1S/C16H25N3S/c1-11-9-20-15(18-11)8-19-7-14(12-3-4-12)17-10-16(19,2)13-5-6-13/h9,12-14,17H,3-8,10H2,1-2H3. The fourth-order valence-electron chi connectivity index (χ4n) is 3.77. The van der Waals surface area contributed by atoms with E-state index in [1.807, 2.05) is 11.3 Å². The lowest BCUT2D eigenvalue weighted by atomic mass is 9.88. The molecule has 0 spiro atoms. The van der Waals surface area contributed by atoms with Gasteiger partial charge in [-0.1, -0.05) is 0 Å². The molecular weight excluding hydrogens is 266 g/mol. The molecule has 2 heterocycles. The summed E-state index contributed by atoms with van der Waals surface area (Å²) >= 11 is 1.83. The Morgan fingerprint density at radius 2 is 2.20 bits per heavy atom. The van der Waals surface area contributed by atoms with Gasteiger partial charge in [0.1, 0.15) is 5.01 Å². The summed E-state index contributed by atoms with van der Waals surface area (Å²) in [6.45, 7) is 8.02. The Morgan fingerprint density at radius 1 is 1.40 bits per heavy atom. The Kier molecular flexibility index (Phi) is 3.17. The molecule has 4 heteroatoms. The Bertz CT molecular complexity index is 492. The summed E-state index contributed by atoms with van der Waals surface area (Å²) < 4.78 is 0. The van der Waals surface area contributed by atoms with Gasteiger partial charge >= 0.3 is 0 Å². The van der Waals surface area contributed by atoms with Crippen LogP contribution in [0.2, 0.25) is 0 Å². The zero-order chi connectivity index (χ0) is 13.7. The van der Waals surface area contributed by atoms with Crippen LogP contribution in [0.5, 0.6) is 0 Å². The zero-order valence-electron chi connectivity index (χ0n) is 12.6. The Balaban J connectivity index is 1.53. The van der Waals surface area contributed by atoms with Crippen molar-refractivity contribution in [1.29, 1.82) is 0 Å². The van der Waals surface area contributed by atoms with Crippen LogP contribution in [0.25, 0.3) is 0 Å². The summed E-state index contributed by atoms with van der Waals surface area (Å²) in [6, 6.07) is 0.725. The monoisotopic (exact) mass is 291 g/mol. The van der Waals surface area contributed by atoms with E-state index in [1.165, 1.54) is 49.5 Å². The molecule has 1 aromatic rings. The van der Waals surface area contributed by atoms with Gasteiger partial charge in [-0.2, -0.15) is 0 Å².